The second kappa shape index (κ2) is 8.56. The number of methoxy groups -OCH3 is 1. The summed E-state index contributed by atoms with van der Waals surface area (Å²) in [5.41, 5.74) is -0.632. The number of anilines is 1. The number of ether oxygens (including phenoxy) is 2. The number of carbonyl (C=O) groups is 2. The number of nitrogens with one attached hydrogen (secondary N) is 2. The van der Waals surface area contributed by atoms with Gasteiger partial charge in [-0.1, -0.05) is 6.07 Å². The fourth-order valence-electron chi connectivity index (χ4n) is 2.94. The molecule has 2 amide bonds. The topological polar surface area (TPSA) is 89.6 Å². The van der Waals surface area contributed by atoms with Crippen LogP contribution in [-0.2, 0) is 28.5 Å². The number of alkyl halides is 3. The molecule has 30 heavy (non-hydrogen) atoms. The Bertz CT molecular complexity index is 965. The molecule has 0 radical (unpaired) electrons. The molecular weight excluding hydrogens is 410 g/mol. The highest BCUT2D eigenvalue weighted by atomic mass is 19.4. The van der Waals surface area contributed by atoms with Gasteiger partial charge in [0.15, 0.2) is 0 Å². The number of hydrogen-bond donors (Lipinski definition) is 2. The molecule has 0 saturated carbocycles. The predicted octanol–water partition coefficient (Wildman–Crippen LogP) is 3.08. The van der Waals surface area contributed by atoms with Gasteiger partial charge in [0.25, 0.3) is 0 Å². The molecule has 3 rings (SSSR count). The zero-order chi connectivity index (χ0) is 21.9. The lowest BCUT2D eigenvalue weighted by molar-refractivity contribution is -0.140. The summed E-state index contributed by atoms with van der Waals surface area (Å²) in [6.07, 6.45) is -5.25. The number of carbonyl (C=O) groups excluding carboxylic acids is 2. The number of pyridine rings is 1. The molecule has 1 aromatic heterocycles. The summed E-state index contributed by atoms with van der Waals surface area (Å²) >= 11 is 0. The van der Waals surface area contributed by atoms with Crippen LogP contribution < -0.4 is 15.4 Å². The van der Waals surface area contributed by atoms with E-state index in [9.17, 15) is 27.2 Å². The van der Waals surface area contributed by atoms with Crippen molar-refractivity contribution in [2.24, 2.45) is 0 Å². The Labute approximate surface area is 168 Å². The Morgan fingerprint density at radius 2 is 2.10 bits per heavy atom. The van der Waals surface area contributed by atoms with Crippen LogP contribution in [0.15, 0.2) is 30.3 Å². The fourth-order valence-corrected chi connectivity index (χ4v) is 2.94. The van der Waals surface area contributed by atoms with E-state index in [0.29, 0.717) is 24.1 Å². The number of amides is 2. The molecule has 11 heteroatoms. The molecule has 2 N–H and O–H groups in total. The van der Waals surface area contributed by atoms with E-state index in [0.717, 1.165) is 6.07 Å². The lowest BCUT2D eigenvalue weighted by Crippen LogP contribution is -2.28. The van der Waals surface area contributed by atoms with E-state index in [-0.39, 0.29) is 36.3 Å². The van der Waals surface area contributed by atoms with E-state index in [1.54, 1.807) is 6.07 Å². The van der Waals surface area contributed by atoms with Gasteiger partial charge in [-0.25, -0.2) is 9.18 Å². The molecule has 1 saturated heterocycles. The van der Waals surface area contributed by atoms with Crippen LogP contribution in [0.1, 0.15) is 16.7 Å². The first-order valence-electron chi connectivity index (χ1n) is 8.78. The van der Waals surface area contributed by atoms with Crippen molar-refractivity contribution in [2.75, 3.05) is 19.0 Å². The van der Waals surface area contributed by atoms with E-state index in [1.807, 2.05) is 0 Å². The molecule has 1 fully saturated rings. The van der Waals surface area contributed by atoms with Crippen molar-refractivity contribution in [3.63, 3.8) is 0 Å². The summed E-state index contributed by atoms with van der Waals surface area (Å²) in [5.74, 6) is -1.65. The van der Waals surface area contributed by atoms with Crippen LogP contribution in [0.2, 0.25) is 0 Å². The summed E-state index contributed by atoms with van der Waals surface area (Å²) < 4.78 is 61.5. The van der Waals surface area contributed by atoms with Crippen molar-refractivity contribution >= 4 is 17.8 Å². The Hall–Kier alpha value is -3.37. The number of cyclic esters (lactones) is 1. The first-order chi connectivity index (χ1) is 14.2. The van der Waals surface area contributed by atoms with Crippen molar-refractivity contribution < 1.29 is 36.6 Å². The number of benzene rings is 1. The standard InChI is InChI=1S/C19H17F4N3O4/c1-29-17-11(8-12-9-30-18(28)24-12)3-5-15(26-17)25-16(27)7-10-2-4-13(14(20)6-10)19(21,22)23/h2-6,12H,7-9H2,1H3,(H,24,28)(H,25,26,27)/t12-/m0/s1. The molecular formula is C19H17F4N3O4. The maximum atomic E-state index is 13.6. The molecule has 1 aliphatic heterocycles. The Morgan fingerprint density at radius 1 is 1.33 bits per heavy atom. The molecule has 2 heterocycles. The number of aromatic nitrogens is 1. The van der Waals surface area contributed by atoms with Crippen molar-refractivity contribution in [3.8, 4) is 5.88 Å². The van der Waals surface area contributed by atoms with Gasteiger partial charge >= 0.3 is 12.3 Å². The Balaban J connectivity index is 1.65. The molecule has 1 atom stereocenters. The van der Waals surface area contributed by atoms with Gasteiger partial charge in [0, 0.05) is 12.0 Å². The van der Waals surface area contributed by atoms with Crippen LogP contribution in [0.5, 0.6) is 5.88 Å². The third kappa shape index (κ3) is 5.16. The van der Waals surface area contributed by atoms with Crippen molar-refractivity contribution in [1.29, 1.82) is 0 Å². The molecule has 0 aliphatic carbocycles. The minimum atomic E-state index is -4.81. The van der Waals surface area contributed by atoms with Gasteiger partial charge < -0.3 is 20.1 Å². The normalized spacial score (nSPS) is 16.0. The third-order valence-electron chi connectivity index (χ3n) is 4.31. The average Bonchev–Trinajstić information content (AvgIpc) is 3.06. The Morgan fingerprint density at radius 3 is 2.70 bits per heavy atom. The molecule has 7 nitrogen and oxygen atoms in total. The zero-order valence-electron chi connectivity index (χ0n) is 15.7. The molecule has 2 aromatic rings. The first-order valence-corrected chi connectivity index (χ1v) is 8.78. The zero-order valence-corrected chi connectivity index (χ0v) is 15.7. The number of hydrogen-bond acceptors (Lipinski definition) is 5. The highest BCUT2D eigenvalue weighted by molar-refractivity contribution is 5.91. The maximum absolute atomic E-state index is 13.6. The predicted molar refractivity (Wildman–Crippen MR) is 96.5 cm³/mol. The number of nitrogens with zero attached hydrogens (tertiary/aromatic N) is 1. The van der Waals surface area contributed by atoms with E-state index in [1.165, 1.54) is 13.2 Å². The monoisotopic (exact) mass is 427 g/mol. The van der Waals surface area contributed by atoms with Gasteiger partial charge in [0.05, 0.1) is 25.1 Å². The third-order valence-corrected chi connectivity index (χ3v) is 4.31. The maximum Gasteiger partial charge on any atom is 0.419 e. The van der Waals surface area contributed by atoms with E-state index in [4.69, 9.17) is 9.47 Å². The summed E-state index contributed by atoms with van der Waals surface area (Å²) in [4.78, 5) is 27.4. The van der Waals surface area contributed by atoms with Gasteiger partial charge in [0.1, 0.15) is 18.2 Å². The van der Waals surface area contributed by atoms with Gasteiger partial charge in [-0.2, -0.15) is 18.2 Å². The second-order valence-electron chi connectivity index (χ2n) is 6.55. The van der Waals surface area contributed by atoms with Crippen LogP contribution in [0.25, 0.3) is 0 Å². The van der Waals surface area contributed by atoms with Crippen LogP contribution in [-0.4, -0.2) is 36.7 Å². The van der Waals surface area contributed by atoms with Gasteiger partial charge in [-0.05, 0) is 29.8 Å². The van der Waals surface area contributed by atoms with E-state index >= 15 is 0 Å². The van der Waals surface area contributed by atoms with E-state index < -0.39 is 29.6 Å². The largest absolute Gasteiger partial charge is 0.481 e. The molecule has 0 unspecified atom stereocenters. The SMILES string of the molecule is COc1nc(NC(=O)Cc2ccc(C(F)(F)F)c(F)c2)ccc1C[C@H]1COC(=O)N1. The van der Waals surface area contributed by atoms with E-state index in [2.05, 4.69) is 15.6 Å². The highest BCUT2D eigenvalue weighted by Gasteiger charge is 2.34. The lowest BCUT2D eigenvalue weighted by atomic mass is 10.1. The highest BCUT2D eigenvalue weighted by Crippen LogP contribution is 2.31. The average molecular weight is 427 g/mol. The second-order valence-corrected chi connectivity index (χ2v) is 6.55. The first kappa shape index (κ1) is 21.3. The van der Waals surface area contributed by atoms with Crippen LogP contribution >= 0.6 is 0 Å². The minimum absolute atomic E-state index is 0.0820. The number of halogens is 4. The lowest BCUT2D eigenvalue weighted by Gasteiger charge is -2.13. The molecule has 1 aromatic carbocycles. The Kier molecular flexibility index (Phi) is 6.09. The summed E-state index contributed by atoms with van der Waals surface area (Å²) in [7, 11) is 1.39. The quantitative estimate of drug-likeness (QED) is 0.692. The molecule has 0 spiro atoms. The summed E-state index contributed by atoms with van der Waals surface area (Å²) in [6.45, 7) is 0.212. The number of alkyl carbamates (subject to hydrolysis) is 1. The molecule has 160 valence electrons. The van der Waals surface area contributed by atoms with Gasteiger partial charge in [-0.3, -0.25) is 4.79 Å². The fraction of sp³-hybridized carbons (Fsp3) is 0.316. The summed E-state index contributed by atoms with van der Waals surface area (Å²) in [5, 5.41) is 5.12. The van der Waals surface area contributed by atoms with Gasteiger partial charge in [-0.15, -0.1) is 0 Å². The number of rotatable bonds is 6. The molecule has 1 aliphatic rings. The summed E-state index contributed by atoms with van der Waals surface area (Å²) in [6, 6.07) is 5.25. The molecule has 0 bridgehead atoms. The van der Waals surface area contributed by atoms with Crippen molar-refractivity contribution in [3.05, 3.63) is 52.8 Å². The minimum Gasteiger partial charge on any atom is -0.481 e. The van der Waals surface area contributed by atoms with Crippen LogP contribution in [0.4, 0.5) is 28.2 Å². The van der Waals surface area contributed by atoms with Gasteiger partial charge in [0.2, 0.25) is 11.8 Å². The van der Waals surface area contributed by atoms with Crippen LogP contribution in [0, 0.1) is 5.82 Å². The van der Waals surface area contributed by atoms with Crippen molar-refractivity contribution in [2.45, 2.75) is 25.1 Å². The van der Waals surface area contributed by atoms with Crippen LogP contribution in [0.3, 0.4) is 0 Å². The smallest absolute Gasteiger partial charge is 0.419 e. The van der Waals surface area contributed by atoms with Crippen molar-refractivity contribution in [1.82, 2.24) is 10.3 Å².